The van der Waals surface area contributed by atoms with E-state index < -0.39 is 0 Å². The van der Waals surface area contributed by atoms with Crippen LogP contribution in [0.25, 0.3) is 0 Å². The van der Waals surface area contributed by atoms with Gasteiger partial charge in [-0.3, -0.25) is 0 Å². The van der Waals surface area contributed by atoms with Gasteiger partial charge in [0.1, 0.15) is 0 Å². The molecule has 4 unspecified atom stereocenters. The van der Waals surface area contributed by atoms with Crippen molar-refractivity contribution in [3.05, 3.63) is 29.3 Å². The van der Waals surface area contributed by atoms with Crippen LogP contribution in [0.3, 0.4) is 0 Å². The number of nitrogens with zero attached hydrogens (tertiary/aromatic N) is 1. The highest BCUT2D eigenvalue weighted by atomic mass is 15.2. The number of hydrogen-bond acceptors (Lipinski definition) is 2. The first-order chi connectivity index (χ1) is 9.38. The van der Waals surface area contributed by atoms with Crippen molar-refractivity contribution in [2.24, 2.45) is 17.6 Å². The van der Waals surface area contributed by atoms with Gasteiger partial charge in [0.2, 0.25) is 0 Å². The summed E-state index contributed by atoms with van der Waals surface area (Å²) in [7, 11) is 0. The van der Waals surface area contributed by atoms with Gasteiger partial charge in [-0.15, -0.1) is 0 Å². The largest absolute Gasteiger partial charge is 0.368 e. The highest BCUT2D eigenvalue weighted by Crippen LogP contribution is 2.33. The second-order valence-corrected chi connectivity index (χ2v) is 7.01. The lowest BCUT2D eigenvalue weighted by molar-refractivity contribution is 0.297. The molecule has 1 heterocycles. The highest BCUT2D eigenvalue weighted by Gasteiger charge is 2.29. The van der Waals surface area contributed by atoms with E-state index >= 15 is 0 Å². The lowest BCUT2D eigenvalue weighted by Gasteiger charge is -2.43. The zero-order chi connectivity index (χ0) is 14.9. The van der Waals surface area contributed by atoms with Crippen molar-refractivity contribution < 1.29 is 0 Å². The Hall–Kier alpha value is -1.02. The third-order valence-corrected chi connectivity index (χ3v) is 4.73. The van der Waals surface area contributed by atoms with E-state index in [1.807, 2.05) is 0 Å². The molecule has 2 nitrogen and oxygen atoms in total. The van der Waals surface area contributed by atoms with Crippen LogP contribution >= 0.6 is 0 Å². The van der Waals surface area contributed by atoms with Crippen LogP contribution in [0.15, 0.2) is 18.2 Å². The monoisotopic (exact) mass is 274 g/mol. The number of hydrogen-bond donors (Lipinski definition) is 1. The molecular formula is C18H30N2. The van der Waals surface area contributed by atoms with E-state index in [1.165, 1.54) is 29.8 Å². The van der Waals surface area contributed by atoms with Crippen LogP contribution in [0, 0.1) is 18.8 Å². The van der Waals surface area contributed by atoms with Crippen LogP contribution in [-0.2, 0) is 6.42 Å². The average molecular weight is 274 g/mol. The van der Waals surface area contributed by atoms with Crippen LogP contribution in [0.1, 0.15) is 45.2 Å². The molecule has 0 aliphatic carbocycles. The Morgan fingerprint density at radius 1 is 1.30 bits per heavy atom. The number of benzene rings is 1. The van der Waals surface area contributed by atoms with Crippen LogP contribution in [0.2, 0.25) is 0 Å². The first kappa shape index (κ1) is 15.4. The zero-order valence-electron chi connectivity index (χ0n) is 13.7. The maximum atomic E-state index is 5.90. The first-order valence-corrected chi connectivity index (χ1v) is 8.00. The number of aryl methyl sites for hydroxylation is 1. The maximum absolute atomic E-state index is 5.90. The molecule has 4 atom stereocenters. The quantitative estimate of drug-likeness (QED) is 0.909. The fraction of sp³-hybridized carbons (Fsp3) is 0.667. The molecule has 0 amide bonds. The van der Waals surface area contributed by atoms with Crippen LogP contribution < -0.4 is 10.6 Å². The Kier molecular flexibility index (Phi) is 4.74. The minimum atomic E-state index is 0.231. The lowest BCUT2D eigenvalue weighted by atomic mass is 9.85. The Morgan fingerprint density at radius 2 is 2.00 bits per heavy atom. The number of anilines is 1. The van der Waals surface area contributed by atoms with Crippen molar-refractivity contribution in [3.8, 4) is 0 Å². The van der Waals surface area contributed by atoms with Gasteiger partial charge in [-0.2, -0.15) is 0 Å². The van der Waals surface area contributed by atoms with Gasteiger partial charge in [0.15, 0.2) is 0 Å². The van der Waals surface area contributed by atoms with Crippen molar-refractivity contribution in [1.29, 1.82) is 0 Å². The topological polar surface area (TPSA) is 29.3 Å². The Balaban J connectivity index is 2.23. The van der Waals surface area contributed by atoms with E-state index in [4.69, 9.17) is 5.73 Å². The molecular weight excluding hydrogens is 244 g/mol. The third-order valence-electron chi connectivity index (χ3n) is 4.73. The van der Waals surface area contributed by atoms with Crippen LogP contribution in [-0.4, -0.2) is 18.6 Å². The summed E-state index contributed by atoms with van der Waals surface area (Å²) in [4.78, 5) is 2.60. The molecule has 0 radical (unpaired) electrons. The zero-order valence-corrected chi connectivity index (χ0v) is 13.7. The smallest absolute Gasteiger partial charge is 0.0398 e. The summed E-state index contributed by atoms with van der Waals surface area (Å²) in [6, 6.07) is 7.73. The van der Waals surface area contributed by atoms with E-state index in [0.717, 1.165) is 18.3 Å². The third kappa shape index (κ3) is 3.35. The minimum Gasteiger partial charge on any atom is -0.368 e. The normalized spacial score (nSPS) is 28.5. The fourth-order valence-corrected chi connectivity index (χ4v) is 3.57. The summed E-state index contributed by atoms with van der Waals surface area (Å²) in [5, 5.41) is 0. The standard InChI is InChI=1S/C18H30N2/c1-12-8-13(2)16(5)20(11-12)18-7-6-17(9-14(18)3)10-15(4)19/h6-7,9,12-13,15-16H,8,10-11,19H2,1-5H3. The predicted molar refractivity (Wildman–Crippen MR) is 88.3 cm³/mol. The maximum Gasteiger partial charge on any atom is 0.0398 e. The van der Waals surface area contributed by atoms with Crippen molar-refractivity contribution in [2.45, 2.75) is 59.5 Å². The summed E-state index contributed by atoms with van der Waals surface area (Å²) in [5.74, 6) is 1.55. The summed E-state index contributed by atoms with van der Waals surface area (Å²) in [6.07, 6.45) is 2.31. The molecule has 0 saturated carbocycles. The van der Waals surface area contributed by atoms with E-state index in [1.54, 1.807) is 0 Å². The molecule has 0 bridgehead atoms. The van der Waals surface area contributed by atoms with Gasteiger partial charge in [-0.25, -0.2) is 0 Å². The summed E-state index contributed by atoms with van der Waals surface area (Å²) < 4.78 is 0. The van der Waals surface area contributed by atoms with Crippen molar-refractivity contribution in [2.75, 3.05) is 11.4 Å². The number of rotatable bonds is 3. The number of piperidine rings is 1. The summed E-state index contributed by atoms with van der Waals surface area (Å²) >= 11 is 0. The Labute approximate surface area is 124 Å². The molecule has 1 aromatic rings. The van der Waals surface area contributed by atoms with Gasteiger partial charge in [0.25, 0.3) is 0 Å². The summed E-state index contributed by atoms with van der Waals surface area (Å²) in [5.41, 5.74) is 10.0. The second kappa shape index (κ2) is 6.17. The van der Waals surface area contributed by atoms with Crippen LogP contribution in [0.5, 0.6) is 0 Å². The SMILES string of the molecule is Cc1cc(CC(C)N)ccc1N1CC(C)CC(C)C1C. The van der Waals surface area contributed by atoms with E-state index in [9.17, 15) is 0 Å². The second-order valence-electron chi connectivity index (χ2n) is 7.01. The van der Waals surface area contributed by atoms with Gasteiger partial charge in [0.05, 0.1) is 0 Å². The summed E-state index contributed by atoms with van der Waals surface area (Å²) in [6.45, 7) is 12.6. The molecule has 1 fully saturated rings. The minimum absolute atomic E-state index is 0.231. The van der Waals surface area contributed by atoms with Crippen molar-refractivity contribution in [1.82, 2.24) is 0 Å². The Bertz CT molecular complexity index is 453. The Morgan fingerprint density at radius 3 is 2.60 bits per heavy atom. The molecule has 112 valence electrons. The molecule has 0 spiro atoms. The predicted octanol–water partition coefficient (Wildman–Crippen LogP) is 3.76. The van der Waals surface area contributed by atoms with E-state index in [0.29, 0.717) is 6.04 Å². The lowest BCUT2D eigenvalue weighted by Crippen LogP contribution is -2.46. The van der Waals surface area contributed by atoms with Crippen molar-refractivity contribution in [3.63, 3.8) is 0 Å². The van der Waals surface area contributed by atoms with Gasteiger partial charge in [-0.1, -0.05) is 26.0 Å². The molecule has 0 aromatic heterocycles. The van der Waals surface area contributed by atoms with Crippen molar-refractivity contribution >= 4 is 5.69 Å². The van der Waals surface area contributed by atoms with Gasteiger partial charge in [0, 0.05) is 24.3 Å². The van der Waals surface area contributed by atoms with E-state index in [2.05, 4.69) is 57.7 Å². The molecule has 1 aliphatic heterocycles. The average Bonchev–Trinajstić information content (AvgIpc) is 2.33. The molecule has 1 aliphatic rings. The molecule has 2 heteroatoms. The first-order valence-electron chi connectivity index (χ1n) is 8.00. The van der Waals surface area contributed by atoms with E-state index in [-0.39, 0.29) is 6.04 Å². The molecule has 1 saturated heterocycles. The van der Waals surface area contributed by atoms with Crippen LogP contribution in [0.4, 0.5) is 5.69 Å². The molecule has 2 N–H and O–H groups in total. The van der Waals surface area contributed by atoms with Gasteiger partial charge >= 0.3 is 0 Å². The molecule has 20 heavy (non-hydrogen) atoms. The molecule has 1 aromatic carbocycles. The van der Waals surface area contributed by atoms with Gasteiger partial charge in [-0.05, 0) is 62.6 Å². The van der Waals surface area contributed by atoms with Gasteiger partial charge < -0.3 is 10.6 Å². The molecule has 2 rings (SSSR count). The fourth-order valence-electron chi connectivity index (χ4n) is 3.57. The highest BCUT2D eigenvalue weighted by molar-refractivity contribution is 5.55. The number of nitrogens with two attached hydrogens (primary N) is 1.